The number of hydrogen-bond donors (Lipinski definition) is 1. The van der Waals surface area contributed by atoms with Crippen LogP contribution in [0.2, 0.25) is 0 Å². The molecule has 3 aromatic carbocycles. The second-order valence-corrected chi connectivity index (χ2v) is 9.00. The number of fused-ring (bicyclic) bond motifs is 3. The summed E-state index contributed by atoms with van der Waals surface area (Å²) in [6.45, 7) is 2.64. The second kappa shape index (κ2) is 7.94. The van der Waals surface area contributed by atoms with Gasteiger partial charge in [-0.25, -0.2) is 0 Å². The van der Waals surface area contributed by atoms with Crippen molar-refractivity contribution in [2.24, 2.45) is 5.92 Å². The zero-order chi connectivity index (χ0) is 19.8. The van der Waals surface area contributed by atoms with E-state index in [2.05, 4.69) is 98.5 Å². The first-order chi connectivity index (χ1) is 14.2. The van der Waals surface area contributed by atoms with Gasteiger partial charge in [0, 0.05) is 35.2 Å². The highest BCUT2D eigenvalue weighted by Gasteiger charge is 2.46. The molecule has 1 saturated heterocycles. The molecule has 0 spiro atoms. The highest BCUT2D eigenvalue weighted by Crippen LogP contribution is 2.49. The lowest BCUT2D eigenvalue weighted by Crippen LogP contribution is -2.47. The topological polar surface area (TPSA) is 26.7 Å². The fourth-order valence-electron chi connectivity index (χ4n) is 4.97. The molecule has 29 heavy (non-hydrogen) atoms. The van der Waals surface area contributed by atoms with E-state index in [1.807, 2.05) is 6.07 Å². The first kappa shape index (κ1) is 18.9. The third-order valence-corrected chi connectivity index (χ3v) is 6.79. The molecule has 3 nitrogen and oxygen atoms in total. The Hall–Kier alpha value is -2.14. The number of aliphatic hydroxyl groups is 1. The van der Waals surface area contributed by atoms with E-state index in [1.165, 1.54) is 16.7 Å². The minimum absolute atomic E-state index is 0.212. The molecular formula is C25H25BrN2O. The Morgan fingerprint density at radius 3 is 2.21 bits per heavy atom. The number of likely N-dealkylation sites (tertiary alicyclic amines) is 1. The normalized spacial score (nSPS) is 23.7. The molecule has 2 aliphatic heterocycles. The van der Waals surface area contributed by atoms with Crippen molar-refractivity contribution in [3.8, 4) is 0 Å². The zero-order valence-corrected chi connectivity index (χ0v) is 17.9. The van der Waals surface area contributed by atoms with Crippen LogP contribution in [0.4, 0.5) is 5.69 Å². The van der Waals surface area contributed by atoms with E-state index >= 15 is 0 Å². The average Bonchev–Trinajstić information content (AvgIpc) is 3.16. The van der Waals surface area contributed by atoms with Gasteiger partial charge in [-0.1, -0.05) is 76.6 Å². The molecule has 3 aromatic rings. The predicted molar refractivity (Wildman–Crippen MR) is 120 cm³/mol. The Kier molecular flexibility index (Phi) is 5.17. The quantitative estimate of drug-likeness (QED) is 0.582. The number of benzene rings is 3. The van der Waals surface area contributed by atoms with Gasteiger partial charge in [0.15, 0.2) is 0 Å². The Labute approximate surface area is 180 Å². The van der Waals surface area contributed by atoms with Crippen LogP contribution in [0.3, 0.4) is 0 Å². The van der Waals surface area contributed by atoms with E-state index in [4.69, 9.17) is 0 Å². The zero-order valence-electron chi connectivity index (χ0n) is 16.3. The monoisotopic (exact) mass is 448 g/mol. The summed E-state index contributed by atoms with van der Waals surface area (Å²) >= 11 is 3.68. The number of rotatable bonds is 4. The van der Waals surface area contributed by atoms with Crippen LogP contribution in [0.1, 0.15) is 29.2 Å². The van der Waals surface area contributed by atoms with Gasteiger partial charge >= 0.3 is 0 Å². The molecule has 148 valence electrons. The van der Waals surface area contributed by atoms with Crippen molar-refractivity contribution >= 4 is 21.6 Å². The second-order valence-electron chi connectivity index (χ2n) is 8.08. The minimum Gasteiger partial charge on any atom is -0.373 e. The lowest BCUT2D eigenvalue weighted by Gasteiger charge is -2.44. The van der Waals surface area contributed by atoms with Crippen molar-refractivity contribution in [1.29, 1.82) is 0 Å². The van der Waals surface area contributed by atoms with Gasteiger partial charge in [-0.05, 0) is 47.9 Å². The maximum Gasteiger partial charge on any atom is 0.131 e. The fraction of sp³-hybridized carbons (Fsp3) is 0.280. The van der Waals surface area contributed by atoms with E-state index in [9.17, 15) is 5.11 Å². The van der Waals surface area contributed by atoms with Crippen molar-refractivity contribution in [2.75, 3.05) is 11.4 Å². The summed E-state index contributed by atoms with van der Waals surface area (Å²) in [6, 6.07) is 27.8. The maximum atomic E-state index is 11.4. The number of aliphatic hydroxyl groups excluding tert-OH is 1. The van der Waals surface area contributed by atoms with Gasteiger partial charge in [-0.3, -0.25) is 4.90 Å². The van der Waals surface area contributed by atoms with Crippen LogP contribution < -0.4 is 4.90 Å². The summed E-state index contributed by atoms with van der Waals surface area (Å²) < 4.78 is 1.10. The Bertz CT molecular complexity index is 979. The van der Waals surface area contributed by atoms with Gasteiger partial charge in [0.2, 0.25) is 0 Å². The number of nitrogens with zero attached hydrogens (tertiary/aromatic N) is 2. The minimum atomic E-state index is -0.477. The summed E-state index contributed by atoms with van der Waals surface area (Å²) in [4.78, 5) is 4.72. The van der Waals surface area contributed by atoms with Crippen LogP contribution in [0.15, 0.2) is 83.3 Å². The Balaban J connectivity index is 1.51. The Morgan fingerprint density at radius 1 is 0.862 bits per heavy atom. The lowest BCUT2D eigenvalue weighted by molar-refractivity contribution is 0.0640. The van der Waals surface area contributed by atoms with Crippen LogP contribution >= 0.6 is 15.9 Å². The van der Waals surface area contributed by atoms with Crippen LogP contribution in [-0.4, -0.2) is 22.8 Å². The van der Waals surface area contributed by atoms with E-state index in [0.717, 1.165) is 36.2 Å². The molecule has 2 heterocycles. The van der Waals surface area contributed by atoms with Gasteiger partial charge in [0.25, 0.3) is 0 Å². The lowest BCUT2D eigenvalue weighted by atomic mass is 9.85. The van der Waals surface area contributed by atoms with E-state index in [-0.39, 0.29) is 12.0 Å². The summed E-state index contributed by atoms with van der Waals surface area (Å²) in [5, 5.41) is 11.4. The molecule has 0 amide bonds. The third kappa shape index (κ3) is 3.61. The number of halogens is 1. The number of anilines is 1. The van der Waals surface area contributed by atoms with Crippen LogP contribution in [0.5, 0.6) is 0 Å². The van der Waals surface area contributed by atoms with Gasteiger partial charge in [-0.2, -0.15) is 0 Å². The van der Waals surface area contributed by atoms with Crippen molar-refractivity contribution in [2.45, 2.75) is 31.8 Å². The summed E-state index contributed by atoms with van der Waals surface area (Å²) in [6.07, 6.45) is 0.533. The largest absolute Gasteiger partial charge is 0.373 e. The fourth-order valence-corrected chi connectivity index (χ4v) is 5.35. The average molecular weight is 449 g/mol. The third-order valence-electron chi connectivity index (χ3n) is 6.29. The van der Waals surface area contributed by atoms with Gasteiger partial charge in [0.05, 0.1) is 0 Å². The smallest absolute Gasteiger partial charge is 0.131 e. The summed E-state index contributed by atoms with van der Waals surface area (Å²) in [7, 11) is 0. The molecule has 3 atom stereocenters. The highest BCUT2D eigenvalue weighted by molar-refractivity contribution is 9.10. The van der Waals surface area contributed by atoms with Gasteiger partial charge in [-0.15, -0.1) is 0 Å². The standard InChI is InChI=1S/C25H25BrN2O/c26-20-11-12-23-22(15-20)24-21(13-14-27(24)16-18-7-3-1-4-8-18)25(29)28(23)17-19-9-5-2-6-10-19/h1-12,15,21,24-25,29H,13-14,16-17H2/t21-,24+,25?/m1/s1. The number of hydrogen-bond acceptors (Lipinski definition) is 3. The molecule has 0 aliphatic carbocycles. The SMILES string of the molecule is OC1[C@@H]2CCN(Cc3ccccc3)[C@@H]2c2cc(Br)ccc2N1Cc1ccccc1. The van der Waals surface area contributed by atoms with Crippen molar-refractivity contribution in [3.63, 3.8) is 0 Å². The van der Waals surface area contributed by atoms with Gasteiger partial charge < -0.3 is 10.0 Å². The molecule has 0 saturated carbocycles. The summed E-state index contributed by atoms with van der Waals surface area (Å²) in [5.41, 5.74) is 5.01. The van der Waals surface area contributed by atoms with Crippen molar-refractivity contribution in [3.05, 3.63) is 100 Å². The van der Waals surface area contributed by atoms with Crippen LogP contribution in [0, 0.1) is 5.92 Å². The van der Waals surface area contributed by atoms with Gasteiger partial charge in [0.1, 0.15) is 6.23 Å². The molecule has 1 fully saturated rings. The molecule has 1 unspecified atom stereocenters. The molecular weight excluding hydrogens is 424 g/mol. The predicted octanol–water partition coefficient (Wildman–Crippen LogP) is 5.35. The molecule has 0 bridgehead atoms. The van der Waals surface area contributed by atoms with E-state index in [0.29, 0.717) is 0 Å². The molecule has 0 aromatic heterocycles. The molecule has 4 heteroatoms. The van der Waals surface area contributed by atoms with E-state index < -0.39 is 6.23 Å². The molecule has 1 N–H and O–H groups in total. The highest BCUT2D eigenvalue weighted by atomic mass is 79.9. The van der Waals surface area contributed by atoms with Crippen LogP contribution in [0.25, 0.3) is 0 Å². The van der Waals surface area contributed by atoms with Crippen LogP contribution in [-0.2, 0) is 13.1 Å². The van der Waals surface area contributed by atoms with Crippen molar-refractivity contribution < 1.29 is 5.11 Å². The first-order valence-electron chi connectivity index (χ1n) is 10.3. The first-order valence-corrected chi connectivity index (χ1v) is 11.1. The molecule has 0 radical (unpaired) electrons. The molecule has 5 rings (SSSR count). The summed E-state index contributed by atoms with van der Waals surface area (Å²) in [5.74, 6) is 0.212. The molecule has 2 aliphatic rings. The van der Waals surface area contributed by atoms with Crippen molar-refractivity contribution in [1.82, 2.24) is 4.90 Å². The maximum absolute atomic E-state index is 11.4. The Morgan fingerprint density at radius 2 is 1.52 bits per heavy atom. The van der Waals surface area contributed by atoms with E-state index in [1.54, 1.807) is 0 Å².